The maximum Gasteiger partial charge on any atom is 1.00 e. The molecule has 92 valence electrons. The Hall–Kier alpha value is -1.22. The largest absolute Gasteiger partial charge is 1.00 e. The summed E-state index contributed by atoms with van der Waals surface area (Å²) >= 11 is 0. The molecule has 1 heterocycles. The monoisotopic (exact) mass is 245 g/mol. The topological polar surface area (TPSA) is 81.4 Å². The van der Waals surface area contributed by atoms with Gasteiger partial charge in [-0.2, -0.15) is 0 Å². The summed E-state index contributed by atoms with van der Waals surface area (Å²) in [6, 6.07) is 2.27. The molecule has 0 aliphatic carbocycles. The van der Waals surface area contributed by atoms with Crippen molar-refractivity contribution in [2.24, 2.45) is 0 Å². The Labute approximate surface area is 116 Å². The number of piperazine rings is 1. The Bertz CT molecular complexity index is 450. The van der Waals surface area contributed by atoms with Gasteiger partial charge in [-0.15, -0.1) is 0 Å². The third-order valence-corrected chi connectivity index (χ3v) is 2.80. The molecule has 3 N–H and O–H groups in total. The first-order valence-corrected chi connectivity index (χ1v) is 5.35. The van der Waals surface area contributed by atoms with Crippen LogP contribution >= 0.6 is 0 Å². The minimum atomic E-state index is -1.39. The van der Waals surface area contributed by atoms with Gasteiger partial charge in [0.25, 0.3) is 0 Å². The number of carboxylic acid groups (broad SMARTS) is 1. The number of nitrogens with zero attached hydrogens (tertiary/aromatic N) is 1. The minimum Gasteiger partial charge on any atom is -0.545 e. The molecule has 1 fully saturated rings. The first kappa shape index (κ1) is 14.8. The SMILES string of the molecule is Nc1cc(F)c(N2CCNCC2)cc1C(=O)[O-].[Li+]. The maximum absolute atomic E-state index is 13.7. The van der Waals surface area contributed by atoms with Crippen LogP contribution in [0.3, 0.4) is 0 Å². The number of nitrogen functional groups attached to an aromatic ring is 1. The van der Waals surface area contributed by atoms with Gasteiger partial charge in [0.15, 0.2) is 0 Å². The van der Waals surface area contributed by atoms with Gasteiger partial charge in [0, 0.05) is 37.4 Å². The van der Waals surface area contributed by atoms with Crippen molar-refractivity contribution in [1.29, 1.82) is 0 Å². The molecule has 18 heavy (non-hydrogen) atoms. The smallest absolute Gasteiger partial charge is 0.545 e. The molecule has 1 aromatic carbocycles. The van der Waals surface area contributed by atoms with E-state index in [1.807, 2.05) is 0 Å². The normalized spacial score (nSPS) is 15.1. The van der Waals surface area contributed by atoms with Crippen molar-refractivity contribution < 1.29 is 33.2 Å². The summed E-state index contributed by atoms with van der Waals surface area (Å²) in [5, 5.41) is 14.0. The summed E-state index contributed by atoms with van der Waals surface area (Å²) in [4.78, 5) is 12.6. The molecule has 1 aromatic rings. The number of nitrogens with two attached hydrogens (primary N) is 1. The number of anilines is 2. The Morgan fingerprint density at radius 2 is 2.00 bits per heavy atom. The molecule has 0 amide bonds. The zero-order valence-electron chi connectivity index (χ0n) is 10.2. The van der Waals surface area contributed by atoms with Crippen LogP contribution in [0.1, 0.15) is 10.4 Å². The second-order valence-electron chi connectivity index (χ2n) is 3.92. The predicted molar refractivity (Wildman–Crippen MR) is 60.2 cm³/mol. The molecule has 7 heteroatoms. The maximum atomic E-state index is 13.7. The van der Waals surface area contributed by atoms with Crippen molar-refractivity contribution in [3.63, 3.8) is 0 Å². The second kappa shape index (κ2) is 6.09. The number of halogens is 1. The molecule has 1 aliphatic rings. The summed E-state index contributed by atoms with van der Waals surface area (Å²) in [5.74, 6) is -1.90. The van der Waals surface area contributed by atoms with Gasteiger partial charge in [0.1, 0.15) is 5.82 Å². The molecule has 0 radical (unpaired) electrons. The number of hydrogen-bond donors (Lipinski definition) is 2. The first-order chi connectivity index (χ1) is 8.09. The molecule has 0 aromatic heterocycles. The summed E-state index contributed by atoms with van der Waals surface area (Å²) in [7, 11) is 0. The van der Waals surface area contributed by atoms with Gasteiger partial charge in [-0.3, -0.25) is 0 Å². The van der Waals surface area contributed by atoms with Crippen LogP contribution in [0.5, 0.6) is 0 Å². The molecule has 1 aliphatic heterocycles. The zero-order chi connectivity index (χ0) is 12.4. The minimum absolute atomic E-state index is 0. The van der Waals surface area contributed by atoms with Gasteiger partial charge < -0.3 is 25.9 Å². The molecular formula is C11H13FLiN3O2. The summed E-state index contributed by atoms with van der Waals surface area (Å²) in [6.45, 7) is 2.75. The van der Waals surface area contributed by atoms with Crippen molar-refractivity contribution in [2.45, 2.75) is 0 Å². The molecule has 0 spiro atoms. The van der Waals surface area contributed by atoms with E-state index >= 15 is 0 Å². The molecule has 0 saturated carbocycles. The number of hydrogen-bond acceptors (Lipinski definition) is 5. The standard InChI is InChI=1S/C11H14FN3O2.Li/c12-8-6-9(13)7(11(16)17)5-10(8)15-3-1-14-2-4-15;/h5-6,14H,1-4,13H2,(H,16,17);/q;+1/p-1. The van der Waals surface area contributed by atoms with Gasteiger partial charge in [0.2, 0.25) is 0 Å². The molecule has 5 nitrogen and oxygen atoms in total. The molecule has 1 saturated heterocycles. The Morgan fingerprint density at radius 3 is 2.56 bits per heavy atom. The Kier molecular flexibility index (Phi) is 5.02. The van der Waals surface area contributed by atoms with E-state index in [1.54, 1.807) is 4.90 Å². The Morgan fingerprint density at radius 1 is 1.39 bits per heavy atom. The van der Waals surface area contributed by atoms with Crippen molar-refractivity contribution in [1.82, 2.24) is 5.32 Å². The van der Waals surface area contributed by atoms with Crippen molar-refractivity contribution in [3.8, 4) is 0 Å². The van der Waals surface area contributed by atoms with Crippen molar-refractivity contribution >= 4 is 17.3 Å². The van der Waals surface area contributed by atoms with Gasteiger partial charge in [-0.1, -0.05) is 0 Å². The van der Waals surface area contributed by atoms with Crippen molar-refractivity contribution in [3.05, 3.63) is 23.5 Å². The van der Waals surface area contributed by atoms with Crippen molar-refractivity contribution in [2.75, 3.05) is 36.8 Å². The number of aromatic carboxylic acids is 1. The quantitative estimate of drug-likeness (QED) is 0.412. The fourth-order valence-electron chi connectivity index (χ4n) is 1.90. The van der Waals surface area contributed by atoms with E-state index in [2.05, 4.69) is 5.32 Å². The molecule has 0 unspecified atom stereocenters. The molecular weight excluding hydrogens is 232 g/mol. The fourth-order valence-corrected chi connectivity index (χ4v) is 1.90. The van der Waals surface area contributed by atoms with Crippen LogP contribution < -0.4 is 39.9 Å². The van der Waals surface area contributed by atoms with E-state index in [0.29, 0.717) is 13.1 Å². The van der Waals surface area contributed by atoms with E-state index in [0.717, 1.165) is 19.2 Å². The number of rotatable bonds is 2. The van der Waals surface area contributed by atoms with Gasteiger partial charge in [-0.25, -0.2) is 4.39 Å². The Balaban J connectivity index is 0.00000162. The van der Waals surface area contributed by atoms with Crippen LogP contribution in [0.15, 0.2) is 12.1 Å². The van der Waals surface area contributed by atoms with E-state index in [1.165, 1.54) is 6.07 Å². The molecule has 0 bridgehead atoms. The van der Waals surface area contributed by atoms with Gasteiger partial charge in [-0.05, 0) is 12.1 Å². The first-order valence-electron chi connectivity index (χ1n) is 5.35. The molecule has 2 rings (SSSR count). The summed E-state index contributed by atoms with van der Waals surface area (Å²) < 4.78 is 13.7. The van der Waals surface area contributed by atoms with E-state index in [9.17, 15) is 14.3 Å². The number of benzene rings is 1. The summed E-state index contributed by atoms with van der Waals surface area (Å²) in [5.41, 5.74) is 5.42. The summed E-state index contributed by atoms with van der Waals surface area (Å²) in [6.07, 6.45) is 0. The van der Waals surface area contributed by atoms with E-state index < -0.39 is 11.8 Å². The van der Waals surface area contributed by atoms with E-state index in [-0.39, 0.29) is 35.8 Å². The number of nitrogens with one attached hydrogen (secondary N) is 1. The number of carboxylic acids is 1. The van der Waals surface area contributed by atoms with Crippen LogP contribution in [0.2, 0.25) is 0 Å². The van der Waals surface area contributed by atoms with Crippen LogP contribution in [0.25, 0.3) is 0 Å². The second-order valence-corrected chi connectivity index (χ2v) is 3.92. The van der Waals surface area contributed by atoms with Crippen LogP contribution in [0.4, 0.5) is 15.8 Å². The van der Waals surface area contributed by atoms with E-state index in [4.69, 9.17) is 5.73 Å². The number of carbonyl (C=O) groups excluding carboxylic acids is 1. The third kappa shape index (κ3) is 2.96. The average molecular weight is 245 g/mol. The third-order valence-electron chi connectivity index (χ3n) is 2.80. The van der Waals surface area contributed by atoms with Crippen LogP contribution in [0, 0.1) is 5.82 Å². The zero-order valence-corrected chi connectivity index (χ0v) is 10.2. The fraction of sp³-hybridized carbons (Fsp3) is 0.364. The number of carbonyl (C=O) groups is 1. The molecule has 0 atom stereocenters. The average Bonchev–Trinajstić information content (AvgIpc) is 2.29. The van der Waals surface area contributed by atoms with Crippen LogP contribution in [-0.4, -0.2) is 32.1 Å². The van der Waals surface area contributed by atoms with Crippen LogP contribution in [-0.2, 0) is 0 Å². The predicted octanol–water partition coefficient (Wildman–Crippen LogP) is -3.81. The van der Waals surface area contributed by atoms with Gasteiger partial charge in [0.05, 0.1) is 11.7 Å². The van der Waals surface area contributed by atoms with Gasteiger partial charge >= 0.3 is 18.9 Å².